The molecule has 0 heterocycles. The number of nitrogens with one attached hydrogen (secondary N) is 1. The highest BCUT2D eigenvalue weighted by molar-refractivity contribution is 6.31. The average molecular weight is 332 g/mol. The lowest BCUT2D eigenvalue weighted by Crippen LogP contribution is -2.48. The maximum atomic E-state index is 12.8. The molecular formula is C18H18ClNO3. The van der Waals surface area contributed by atoms with E-state index in [4.69, 9.17) is 11.6 Å². The zero-order chi connectivity index (χ0) is 16.3. The van der Waals surface area contributed by atoms with Gasteiger partial charge in [0.2, 0.25) is 5.91 Å². The molecule has 1 aromatic rings. The summed E-state index contributed by atoms with van der Waals surface area (Å²) in [6.45, 7) is 1.84. The molecule has 1 amide bonds. The van der Waals surface area contributed by atoms with Gasteiger partial charge in [0.1, 0.15) is 0 Å². The lowest BCUT2D eigenvalue weighted by Gasteiger charge is -2.41. The van der Waals surface area contributed by atoms with E-state index in [0.717, 1.165) is 12.0 Å². The molecule has 120 valence electrons. The van der Waals surface area contributed by atoms with Gasteiger partial charge in [0, 0.05) is 10.7 Å². The number of carbonyl (C=O) groups is 2. The molecule has 0 radical (unpaired) electrons. The first-order valence-corrected chi connectivity index (χ1v) is 8.34. The summed E-state index contributed by atoms with van der Waals surface area (Å²) in [6, 6.07) is 5.35. The minimum atomic E-state index is -0.863. The molecule has 0 saturated heterocycles. The summed E-state index contributed by atoms with van der Waals surface area (Å²) in [4.78, 5) is 24.6. The van der Waals surface area contributed by atoms with Gasteiger partial charge in [-0.15, -0.1) is 0 Å². The Hall–Kier alpha value is -1.81. The van der Waals surface area contributed by atoms with E-state index < -0.39 is 17.8 Å². The zero-order valence-corrected chi connectivity index (χ0v) is 13.5. The van der Waals surface area contributed by atoms with Crippen molar-refractivity contribution in [2.75, 3.05) is 5.32 Å². The van der Waals surface area contributed by atoms with Crippen molar-refractivity contribution in [2.45, 2.75) is 13.3 Å². The second kappa shape index (κ2) is 5.10. The van der Waals surface area contributed by atoms with Crippen molar-refractivity contribution in [3.63, 3.8) is 0 Å². The lowest BCUT2D eigenvalue weighted by atomic mass is 9.62. The van der Waals surface area contributed by atoms with Crippen LogP contribution >= 0.6 is 11.6 Å². The Morgan fingerprint density at radius 3 is 2.48 bits per heavy atom. The van der Waals surface area contributed by atoms with Crippen molar-refractivity contribution in [3.05, 3.63) is 40.9 Å². The molecule has 4 aliphatic rings. The predicted octanol–water partition coefficient (Wildman–Crippen LogP) is 3.36. The minimum absolute atomic E-state index is 0.00120. The number of fused-ring (bicyclic) bond motifs is 1. The van der Waals surface area contributed by atoms with Gasteiger partial charge in [-0.2, -0.15) is 0 Å². The largest absolute Gasteiger partial charge is 0.481 e. The Labute approximate surface area is 139 Å². The normalized spacial score (nSPS) is 36.4. The highest BCUT2D eigenvalue weighted by Crippen LogP contribution is 2.63. The SMILES string of the molecule is Cc1c(Cl)cccc1NC(=O)[C@@H]1[C@H]2C=C[C@@H]([C@@H]3C[C@H]23)[C@@H]1C(=O)O. The molecule has 2 fully saturated rings. The summed E-state index contributed by atoms with van der Waals surface area (Å²) in [5.41, 5.74) is 1.46. The Kier molecular flexibility index (Phi) is 3.27. The first-order chi connectivity index (χ1) is 11.0. The molecule has 5 rings (SSSR count). The zero-order valence-electron chi connectivity index (χ0n) is 12.7. The van der Waals surface area contributed by atoms with E-state index in [2.05, 4.69) is 11.4 Å². The van der Waals surface area contributed by atoms with Crippen molar-refractivity contribution in [1.29, 1.82) is 0 Å². The Bertz CT molecular complexity index is 729. The van der Waals surface area contributed by atoms with Gasteiger partial charge in [0.25, 0.3) is 0 Å². The third-order valence-electron chi connectivity index (χ3n) is 5.77. The number of amides is 1. The number of hydrogen-bond acceptors (Lipinski definition) is 2. The van der Waals surface area contributed by atoms with Crippen LogP contribution in [0.15, 0.2) is 30.4 Å². The van der Waals surface area contributed by atoms with Crippen LogP contribution in [-0.4, -0.2) is 17.0 Å². The molecule has 6 atom stereocenters. The minimum Gasteiger partial charge on any atom is -0.481 e. The van der Waals surface area contributed by atoms with Crippen LogP contribution in [0, 0.1) is 42.4 Å². The van der Waals surface area contributed by atoms with Crippen LogP contribution in [0.2, 0.25) is 5.02 Å². The molecule has 0 unspecified atom stereocenters. The molecule has 0 spiro atoms. The smallest absolute Gasteiger partial charge is 0.307 e. The molecule has 2 N–H and O–H groups in total. The second-order valence-electron chi connectivity index (χ2n) is 6.89. The maximum Gasteiger partial charge on any atom is 0.307 e. The van der Waals surface area contributed by atoms with Gasteiger partial charge in [-0.3, -0.25) is 9.59 Å². The van der Waals surface area contributed by atoms with Crippen LogP contribution in [0.3, 0.4) is 0 Å². The van der Waals surface area contributed by atoms with Crippen molar-refractivity contribution in [2.24, 2.45) is 35.5 Å². The van der Waals surface area contributed by atoms with E-state index in [-0.39, 0.29) is 17.7 Å². The van der Waals surface area contributed by atoms with Crippen LogP contribution in [-0.2, 0) is 9.59 Å². The van der Waals surface area contributed by atoms with Gasteiger partial charge >= 0.3 is 5.97 Å². The van der Waals surface area contributed by atoms with E-state index in [1.807, 2.05) is 13.0 Å². The standard InChI is InChI=1S/C18H18ClNO3/c1-8-13(19)3-2-4-14(8)20-17(21)15-9-5-6-10(12-7-11(9)12)16(15)18(22)23/h2-6,9-12,15-16H,7H2,1H3,(H,20,21)(H,22,23)/t9-,10-,11+,12-,15+,16-/m0/s1. The number of halogens is 1. The molecule has 4 aliphatic carbocycles. The fraction of sp³-hybridized carbons (Fsp3) is 0.444. The van der Waals surface area contributed by atoms with Gasteiger partial charge in [-0.25, -0.2) is 0 Å². The number of allylic oxidation sites excluding steroid dienone is 2. The number of rotatable bonds is 3. The van der Waals surface area contributed by atoms with Crippen molar-refractivity contribution in [1.82, 2.24) is 0 Å². The highest BCUT2D eigenvalue weighted by atomic mass is 35.5. The molecule has 4 nitrogen and oxygen atoms in total. The number of carbonyl (C=O) groups excluding carboxylic acids is 1. The monoisotopic (exact) mass is 331 g/mol. The van der Waals surface area contributed by atoms with Gasteiger partial charge in [0.05, 0.1) is 11.8 Å². The van der Waals surface area contributed by atoms with Crippen LogP contribution in [0.4, 0.5) is 5.69 Å². The van der Waals surface area contributed by atoms with Crippen LogP contribution in [0.5, 0.6) is 0 Å². The van der Waals surface area contributed by atoms with Crippen LogP contribution < -0.4 is 5.32 Å². The Morgan fingerprint density at radius 2 is 1.83 bits per heavy atom. The average Bonchev–Trinajstić information content (AvgIpc) is 3.33. The van der Waals surface area contributed by atoms with Crippen LogP contribution in [0.25, 0.3) is 0 Å². The summed E-state index contributed by atoms with van der Waals surface area (Å²) in [5, 5.41) is 13.1. The maximum absolute atomic E-state index is 12.8. The van der Waals surface area contributed by atoms with Gasteiger partial charge in [-0.05, 0) is 54.7 Å². The van der Waals surface area contributed by atoms with Gasteiger partial charge in [0.15, 0.2) is 0 Å². The molecule has 23 heavy (non-hydrogen) atoms. The predicted molar refractivity (Wildman–Crippen MR) is 87.2 cm³/mol. The number of carboxylic acids is 1. The van der Waals surface area contributed by atoms with E-state index >= 15 is 0 Å². The molecule has 1 aromatic carbocycles. The Morgan fingerprint density at radius 1 is 1.17 bits per heavy atom. The number of aliphatic carboxylic acids is 1. The summed E-state index contributed by atoms with van der Waals surface area (Å²) in [6.07, 6.45) is 5.13. The van der Waals surface area contributed by atoms with Crippen molar-refractivity contribution in [3.8, 4) is 0 Å². The molecule has 0 aliphatic heterocycles. The summed E-state index contributed by atoms with van der Waals surface area (Å²) in [7, 11) is 0. The second-order valence-corrected chi connectivity index (χ2v) is 7.30. The van der Waals surface area contributed by atoms with E-state index in [0.29, 0.717) is 22.5 Å². The number of hydrogen-bond donors (Lipinski definition) is 2. The van der Waals surface area contributed by atoms with Crippen molar-refractivity contribution < 1.29 is 14.7 Å². The lowest BCUT2D eigenvalue weighted by molar-refractivity contribution is -0.152. The topological polar surface area (TPSA) is 66.4 Å². The first-order valence-electron chi connectivity index (χ1n) is 7.96. The van der Waals surface area contributed by atoms with Gasteiger partial charge < -0.3 is 10.4 Å². The Balaban J connectivity index is 1.63. The van der Waals surface area contributed by atoms with E-state index in [9.17, 15) is 14.7 Å². The fourth-order valence-electron chi connectivity index (χ4n) is 4.53. The fourth-order valence-corrected chi connectivity index (χ4v) is 4.70. The number of carboxylic acid groups (broad SMARTS) is 1. The quantitative estimate of drug-likeness (QED) is 0.835. The van der Waals surface area contributed by atoms with Crippen LogP contribution in [0.1, 0.15) is 12.0 Å². The van der Waals surface area contributed by atoms with E-state index in [1.54, 1.807) is 18.2 Å². The summed E-state index contributed by atoms with van der Waals surface area (Å²) >= 11 is 6.10. The molecule has 5 heteroatoms. The number of anilines is 1. The van der Waals surface area contributed by atoms with Gasteiger partial charge in [-0.1, -0.05) is 29.8 Å². The third kappa shape index (κ3) is 2.19. The van der Waals surface area contributed by atoms with E-state index in [1.165, 1.54) is 0 Å². The molecule has 2 saturated carbocycles. The molecular weight excluding hydrogens is 314 g/mol. The molecule has 2 bridgehead atoms. The summed E-state index contributed by atoms with van der Waals surface area (Å²) < 4.78 is 0. The summed E-state index contributed by atoms with van der Waals surface area (Å²) in [5.74, 6) is -1.19. The highest BCUT2D eigenvalue weighted by Gasteiger charge is 2.62. The first kappa shape index (κ1) is 14.8. The third-order valence-corrected chi connectivity index (χ3v) is 6.17. The molecule has 0 aromatic heterocycles. The van der Waals surface area contributed by atoms with Crippen molar-refractivity contribution >= 4 is 29.2 Å². The number of benzene rings is 1.